The van der Waals surface area contributed by atoms with Crippen molar-refractivity contribution in [3.8, 4) is 11.5 Å². The van der Waals surface area contributed by atoms with Gasteiger partial charge in [-0.2, -0.15) is 0 Å². The Labute approximate surface area is 107 Å². The van der Waals surface area contributed by atoms with E-state index in [0.29, 0.717) is 6.54 Å². The first kappa shape index (κ1) is 13.1. The van der Waals surface area contributed by atoms with Gasteiger partial charge in [0.25, 0.3) is 0 Å². The van der Waals surface area contributed by atoms with Crippen LogP contribution in [0, 0.1) is 0 Å². The summed E-state index contributed by atoms with van der Waals surface area (Å²) < 4.78 is 5.28. The van der Waals surface area contributed by atoms with Crippen molar-refractivity contribution in [2.45, 2.75) is 6.54 Å². The number of ether oxygens (including phenoxy) is 1. The monoisotopic (exact) mass is 252 g/mol. The lowest BCUT2D eigenvalue weighted by atomic mass is 10.2. The maximum Gasteiger partial charge on any atom is 0.161 e. The van der Waals surface area contributed by atoms with Crippen LogP contribution >= 0.6 is 0 Å². The van der Waals surface area contributed by atoms with E-state index in [9.17, 15) is 10.2 Å². The van der Waals surface area contributed by atoms with E-state index < -0.39 is 0 Å². The van der Waals surface area contributed by atoms with Crippen molar-refractivity contribution in [3.63, 3.8) is 0 Å². The number of aromatic hydroxyl groups is 2. The summed E-state index contributed by atoms with van der Waals surface area (Å²) in [6.07, 6.45) is 0. The normalized spacial score (nSPS) is 16.9. The molecule has 1 fully saturated rings. The standard InChI is InChI=1S/C13H20N2O3/c16-12-3-1-2-11(13(12)17)10-14-4-5-15-6-8-18-9-7-15/h1-3,14,16-17H,4-10H2. The fraction of sp³-hybridized carbons (Fsp3) is 0.538. The first-order valence-electron chi connectivity index (χ1n) is 6.28. The van der Waals surface area contributed by atoms with E-state index in [4.69, 9.17) is 4.74 Å². The Morgan fingerprint density at radius 3 is 2.78 bits per heavy atom. The van der Waals surface area contributed by atoms with Gasteiger partial charge in [-0.25, -0.2) is 0 Å². The van der Waals surface area contributed by atoms with E-state index in [1.165, 1.54) is 6.07 Å². The van der Waals surface area contributed by atoms with Gasteiger partial charge in [0, 0.05) is 38.3 Å². The number of phenols is 2. The molecule has 0 aliphatic carbocycles. The topological polar surface area (TPSA) is 65.0 Å². The van der Waals surface area contributed by atoms with Crippen LogP contribution in [0.3, 0.4) is 0 Å². The van der Waals surface area contributed by atoms with Crippen LogP contribution in [-0.2, 0) is 11.3 Å². The Kier molecular flexibility index (Phi) is 4.81. The quantitative estimate of drug-likeness (QED) is 0.527. The van der Waals surface area contributed by atoms with Gasteiger partial charge in [-0.3, -0.25) is 4.90 Å². The lowest BCUT2D eigenvalue weighted by Gasteiger charge is -2.26. The molecule has 0 bridgehead atoms. The van der Waals surface area contributed by atoms with E-state index in [-0.39, 0.29) is 11.5 Å². The zero-order valence-corrected chi connectivity index (χ0v) is 10.4. The number of morpholine rings is 1. The van der Waals surface area contributed by atoms with Gasteiger partial charge in [0.1, 0.15) is 0 Å². The molecule has 3 N–H and O–H groups in total. The Morgan fingerprint density at radius 1 is 1.22 bits per heavy atom. The summed E-state index contributed by atoms with van der Waals surface area (Å²) in [6.45, 7) is 5.99. The zero-order chi connectivity index (χ0) is 12.8. The molecule has 1 heterocycles. The molecule has 1 saturated heterocycles. The van der Waals surface area contributed by atoms with Crippen LogP contribution in [0.2, 0.25) is 0 Å². The molecule has 0 spiro atoms. The van der Waals surface area contributed by atoms with E-state index in [0.717, 1.165) is 45.0 Å². The van der Waals surface area contributed by atoms with Gasteiger partial charge in [-0.1, -0.05) is 12.1 Å². The largest absolute Gasteiger partial charge is 0.504 e. The van der Waals surface area contributed by atoms with Gasteiger partial charge in [0.15, 0.2) is 11.5 Å². The van der Waals surface area contributed by atoms with Crippen LogP contribution < -0.4 is 5.32 Å². The fourth-order valence-electron chi connectivity index (χ4n) is 2.01. The van der Waals surface area contributed by atoms with Crippen molar-refractivity contribution >= 4 is 0 Å². The molecule has 5 heteroatoms. The molecule has 100 valence electrons. The highest BCUT2D eigenvalue weighted by Gasteiger charge is 2.09. The fourth-order valence-corrected chi connectivity index (χ4v) is 2.01. The van der Waals surface area contributed by atoms with E-state index in [1.807, 2.05) is 0 Å². The highest BCUT2D eigenvalue weighted by molar-refractivity contribution is 5.44. The highest BCUT2D eigenvalue weighted by atomic mass is 16.5. The second-order valence-corrected chi connectivity index (χ2v) is 4.42. The maximum absolute atomic E-state index is 9.63. The molecular formula is C13H20N2O3. The van der Waals surface area contributed by atoms with E-state index in [2.05, 4.69) is 10.2 Å². The third kappa shape index (κ3) is 3.60. The first-order chi connectivity index (χ1) is 8.77. The Hall–Kier alpha value is -1.30. The molecule has 0 amide bonds. The molecule has 0 radical (unpaired) electrons. The molecule has 1 aliphatic rings. The third-order valence-corrected chi connectivity index (χ3v) is 3.12. The number of hydrogen-bond donors (Lipinski definition) is 3. The van der Waals surface area contributed by atoms with Gasteiger partial charge in [0.05, 0.1) is 13.2 Å². The summed E-state index contributed by atoms with van der Waals surface area (Å²) in [6, 6.07) is 5.01. The lowest BCUT2D eigenvalue weighted by Crippen LogP contribution is -2.40. The summed E-state index contributed by atoms with van der Waals surface area (Å²) in [4.78, 5) is 2.35. The Balaban J connectivity index is 1.70. The number of rotatable bonds is 5. The van der Waals surface area contributed by atoms with Gasteiger partial charge in [-0.05, 0) is 6.07 Å². The molecular weight excluding hydrogens is 232 g/mol. The maximum atomic E-state index is 9.63. The second kappa shape index (κ2) is 6.58. The van der Waals surface area contributed by atoms with Gasteiger partial charge in [0.2, 0.25) is 0 Å². The number of nitrogens with one attached hydrogen (secondary N) is 1. The molecule has 18 heavy (non-hydrogen) atoms. The van der Waals surface area contributed by atoms with Crippen molar-refractivity contribution < 1.29 is 14.9 Å². The SMILES string of the molecule is Oc1cccc(CNCCN2CCOCC2)c1O. The minimum atomic E-state index is -0.0671. The Morgan fingerprint density at radius 2 is 2.00 bits per heavy atom. The van der Waals surface area contributed by atoms with Crippen LogP contribution in [-0.4, -0.2) is 54.5 Å². The van der Waals surface area contributed by atoms with Crippen molar-refractivity contribution in [2.24, 2.45) is 0 Å². The number of benzene rings is 1. The van der Waals surface area contributed by atoms with E-state index >= 15 is 0 Å². The third-order valence-electron chi connectivity index (χ3n) is 3.12. The van der Waals surface area contributed by atoms with Crippen LogP contribution in [0.4, 0.5) is 0 Å². The number of phenolic OH excluding ortho intramolecular Hbond substituents is 2. The average molecular weight is 252 g/mol. The molecule has 5 nitrogen and oxygen atoms in total. The minimum absolute atomic E-state index is 0.0311. The molecule has 0 aromatic heterocycles. The predicted octanol–water partition coefficient (Wildman–Crippen LogP) is 0.520. The van der Waals surface area contributed by atoms with Crippen LogP contribution in [0.5, 0.6) is 11.5 Å². The summed E-state index contributed by atoms with van der Waals surface area (Å²) in [5.74, 6) is -0.0983. The number of hydrogen-bond acceptors (Lipinski definition) is 5. The molecule has 1 aromatic carbocycles. The van der Waals surface area contributed by atoms with E-state index in [1.54, 1.807) is 12.1 Å². The lowest BCUT2D eigenvalue weighted by molar-refractivity contribution is 0.0384. The summed E-state index contributed by atoms with van der Waals surface area (Å²) in [7, 11) is 0. The van der Waals surface area contributed by atoms with Gasteiger partial charge < -0.3 is 20.3 Å². The van der Waals surface area contributed by atoms with Crippen LogP contribution in [0.1, 0.15) is 5.56 Å². The Bertz CT molecular complexity index is 378. The second-order valence-electron chi connectivity index (χ2n) is 4.42. The number of para-hydroxylation sites is 1. The van der Waals surface area contributed by atoms with Crippen molar-refractivity contribution in [1.82, 2.24) is 10.2 Å². The smallest absolute Gasteiger partial charge is 0.161 e. The molecule has 2 rings (SSSR count). The highest BCUT2D eigenvalue weighted by Crippen LogP contribution is 2.27. The van der Waals surface area contributed by atoms with Crippen LogP contribution in [0.15, 0.2) is 18.2 Å². The predicted molar refractivity (Wildman–Crippen MR) is 68.7 cm³/mol. The average Bonchev–Trinajstić information content (AvgIpc) is 2.40. The van der Waals surface area contributed by atoms with Crippen molar-refractivity contribution in [3.05, 3.63) is 23.8 Å². The molecule has 1 aromatic rings. The zero-order valence-electron chi connectivity index (χ0n) is 10.4. The van der Waals surface area contributed by atoms with Crippen molar-refractivity contribution in [2.75, 3.05) is 39.4 Å². The van der Waals surface area contributed by atoms with Crippen molar-refractivity contribution in [1.29, 1.82) is 0 Å². The van der Waals surface area contributed by atoms with Gasteiger partial charge >= 0.3 is 0 Å². The summed E-state index contributed by atoms with van der Waals surface area (Å²) >= 11 is 0. The molecule has 0 atom stereocenters. The molecule has 1 aliphatic heterocycles. The van der Waals surface area contributed by atoms with Gasteiger partial charge in [-0.15, -0.1) is 0 Å². The molecule has 0 unspecified atom stereocenters. The number of nitrogens with zero attached hydrogens (tertiary/aromatic N) is 1. The summed E-state index contributed by atoms with van der Waals surface area (Å²) in [5, 5.41) is 22.3. The minimum Gasteiger partial charge on any atom is -0.504 e. The first-order valence-corrected chi connectivity index (χ1v) is 6.28. The summed E-state index contributed by atoms with van der Waals surface area (Å²) in [5.41, 5.74) is 0.719. The van der Waals surface area contributed by atoms with Crippen LogP contribution in [0.25, 0.3) is 0 Å². The molecule has 0 saturated carbocycles.